The van der Waals surface area contributed by atoms with Crippen LogP contribution in [0.15, 0.2) is 5.10 Å². The van der Waals surface area contributed by atoms with Crippen molar-refractivity contribution in [2.75, 3.05) is 0 Å². The zero-order valence-corrected chi connectivity index (χ0v) is 9.06. The zero-order valence-electron chi connectivity index (χ0n) is 9.06. The van der Waals surface area contributed by atoms with Gasteiger partial charge < -0.3 is 5.43 Å². The maximum Gasteiger partial charge on any atom is 0.431 e. The highest BCUT2D eigenvalue weighted by Gasteiger charge is 2.54. The van der Waals surface area contributed by atoms with Gasteiger partial charge in [-0.3, -0.25) is 4.79 Å². The molecule has 6 heteroatoms. The van der Waals surface area contributed by atoms with Gasteiger partial charge in [-0.25, -0.2) is 0 Å². The number of hydrogen-bond acceptors (Lipinski definition) is 3. The number of halogens is 3. The minimum Gasteiger partial charge on any atom is -0.306 e. The Morgan fingerprint density at radius 1 is 1.44 bits per heavy atom. The molecule has 0 aromatic carbocycles. The molecule has 0 unspecified atom stereocenters. The summed E-state index contributed by atoms with van der Waals surface area (Å²) in [7, 11) is 0. The number of hydrazone groups is 1. The van der Waals surface area contributed by atoms with E-state index < -0.39 is 23.8 Å². The van der Waals surface area contributed by atoms with Gasteiger partial charge in [0.25, 0.3) is 0 Å². The molecule has 90 valence electrons. The molecule has 0 amide bonds. The number of nitrogens with zero attached hydrogens (tertiary/aromatic N) is 1. The van der Waals surface area contributed by atoms with Crippen molar-refractivity contribution >= 4 is 11.5 Å². The van der Waals surface area contributed by atoms with Crippen molar-refractivity contribution in [2.24, 2.45) is 16.4 Å². The van der Waals surface area contributed by atoms with E-state index in [-0.39, 0.29) is 17.6 Å². The molecule has 0 radical (unpaired) electrons. The number of carbonyl (C=O) groups excluding carboxylic acids is 1. The Morgan fingerprint density at radius 3 is 2.62 bits per heavy atom. The van der Waals surface area contributed by atoms with Crippen LogP contribution >= 0.6 is 0 Å². The topological polar surface area (TPSA) is 41.5 Å². The number of carbonyl (C=O) groups is 1. The molecule has 1 heterocycles. The summed E-state index contributed by atoms with van der Waals surface area (Å²) < 4.78 is 37.7. The lowest BCUT2D eigenvalue weighted by molar-refractivity contribution is -0.127. The van der Waals surface area contributed by atoms with Crippen LogP contribution in [-0.4, -0.2) is 23.7 Å². The van der Waals surface area contributed by atoms with Gasteiger partial charge in [-0.1, -0.05) is 13.8 Å². The number of fused-ring (bicyclic) bond motifs is 1. The van der Waals surface area contributed by atoms with Crippen LogP contribution in [0.1, 0.15) is 26.7 Å². The summed E-state index contributed by atoms with van der Waals surface area (Å²) in [4.78, 5) is 11.7. The lowest BCUT2D eigenvalue weighted by Crippen LogP contribution is -2.47. The second-order valence-corrected chi connectivity index (χ2v) is 5.22. The van der Waals surface area contributed by atoms with E-state index in [0.717, 1.165) is 0 Å². The first kappa shape index (κ1) is 11.4. The number of nitrogens with one attached hydrogen (secondary N) is 1. The van der Waals surface area contributed by atoms with Crippen molar-refractivity contribution in [2.45, 2.75) is 38.9 Å². The number of hydrogen-bond donors (Lipinski definition) is 1. The third-order valence-electron chi connectivity index (χ3n) is 3.11. The summed E-state index contributed by atoms with van der Waals surface area (Å²) in [5.41, 5.74) is 1.24. The van der Waals surface area contributed by atoms with Gasteiger partial charge in [-0.2, -0.15) is 18.3 Å². The summed E-state index contributed by atoms with van der Waals surface area (Å²) in [6.45, 7) is 3.77. The molecule has 16 heavy (non-hydrogen) atoms. The number of ketones is 1. The van der Waals surface area contributed by atoms with E-state index in [0.29, 0.717) is 6.42 Å². The van der Waals surface area contributed by atoms with Crippen molar-refractivity contribution in [3.8, 4) is 0 Å². The predicted molar refractivity (Wildman–Crippen MR) is 51.9 cm³/mol. The van der Waals surface area contributed by atoms with Gasteiger partial charge >= 0.3 is 6.18 Å². The lowest BCUT2D eigenvalue weighted by Gasteiger charge is -2.36. The average molecular weight is 234 g/mol. The molecule has 1 aliphatic carbocycles. The molecule has 0 spiro atoms. The van der Waals surface area contributed by atoms with Gasteiger partial charge in [-0.15, -0.1) is 0 Å². The first-order valence-corrected chi connectivity index (χ1v) is 5.14. The van der Waals surface area contributed by atoms with E-state index in [4.69, 9.17) is 0 Å². The second-order valence-electron chi connectivity index (χ2n) is 5.22. The number of Topliss-reactive ketones (excluding diaryl/α,β-unsaturated/α-hetero) is 1. The third-order valence-corrected chi connectivity index (χ3v) is 3.11. The predicted octanol–water partition coefficient (Wildman–Crippen LogP) is 1.88. The van der Waals surface area contributed by atoms with Crippen LogP contribution in [0, 0.1) is 11.3 Å². The molecule has 1 aliphatic heterocycles. The van der Waals surface area contributed by atoms with Gasteiger partial charge in [-0.05, 0) is 11.8 Å². The molecular weight excluding hydrogens is 221 g/mol. The monoisotopic (exact) mass is 234 g/mol. The Hall–Kier alpha value is -1.07. The van der Waals surface area contributed by atoms with E-state index in [1.165, 1.54) is 0 Å². The van der Waals surface area contributed by atoms with Crippen LogP contribution in [-0.2, 0) is 4.79 Å². The average Bonchev–Trinajstić information content (AvgIpc) is 2.43. The summed E-state index contributed by atoms with van der Waals surface area (Å²) in [5, 5.41) is 3.29. The standard InChI is InChI=1S/C10H13F3N2O/c1-9(2)3-5-7(6(16)4-9)8(15-14-5)10(11,12)13/h5,7,14H,3-4H2,1-2H3/t5-,7+/m1/s1. The first-order valence-electron chi connectivity index (χ1n) is 5.14. The summed E-state index contributed by atoms with van der Waals surface area (Å²) in [6, 6.07) is -0.493. The van der Waals surface area contributed by atoms with Crippen molar-refractivity contribution in [1.29, 1.82) is 0 Å². The summed E-state index contributed by atoms with van der Waals surface area (Å²) in [5.74, 6) is -1.46. The molecule has 0 aromatic rings. The van der Waals surface area contributed by atoms with Gasteiger partial charge in [0.1, 0.15) is 5.78 Å². The third kappa shape index (κ3) is 1.81. The quantitative estimate of drug-likeness (QED) is 0.695. The van der Waals surface area contributed by atoms with E-state index in [9.17, 15) is 18.0 Å². The largest absolute Gasteiger partial charge is 0.431 e. The molecule has 0 saturated heterocycles. The van der Waals surface area contributed by atoms with Crippen molar-refractivity contribution in [1.82, 2.24) is 5.43 Å². The summed E-state index contributed by atoms with van der Waals surface area (Å²) >= 11 is 0. The van der Waals surface area contributed by atoms with Crippen LogP contribution in [0.4, 0.5) is 13.2 Å². The Bertz CT molecular complexity index is 360. The normalized spacial score (nSPS) is 33.1. The molecule has 0 bridgehead atoms. The van der Waals surface area contributed by atoms with Gasteiger partial charge in [0, 0.05) is 6.42 Å². The lowest BCUT2D eigenvalue weighted by atomic mass is 9.69. The van der Waals surface area contributed by atoms with Gasteiger partial charge in [0.05, 0.1) is 12.0 Å². The highest BCUT2D eigenvalue weighted by atomic mass is 19.4. The van der Waals surface area contributed by atoms with Crippen molar-refractivity contribution in [3.05, 3.63) is 0 Å². The van der Waals surface area contributed by atoms with E-state index >= 15 is 0 Å². The van der Waals surface area contributed by atoms with E-state index in [1.54, 1.807) is 0 Å². The molecule has 0 aromatic heterocycles. The Kier molecular flexibility index (Phi) is 2.29. The van der Waals surface area contributed by atoms with Crippen LogP contribution in [0.5, 0.6) is 0 Å². The fourth-order valence-electron chi connectivity index (χ4n) is 2.52. The Morgan fingerprint density at radius 2 is 2.06 bits per heavy atom. The first-order chi connectivity index (χ1) is 7.21. The molecule has 1 N–H and O–H groups in total. The second kappa shape index (κ2) is 3.21. The number of rotatable bonds is 0. The molecule has 3 nitrogen and oxygen atoms in total. The highest BCUT2D eigenvalue weighted by molar-refractivity contribution is 6.09. The molecular formula is C10H13F3N2O. The fraction of sp³-hybridized carbons (Fsp3) is 0.800. The molecule has 2 rings (SSSR count). The van der Waals surface area contributed by atoms with Crippen molar-refractivity contribution in [3.63, 3.8) is 0 Å². The number of alkyl halides is 3. The molecule has 2 atom stereocenters. The Labute approximate surface area is 91.1 Å². The van der Waals surface area contributed by atoms with Crippen LogP contribution in [0.25, 0.3) is 0 Å². The van der Waals surface area contributed by atoms with Gasteiger partial charge in [0.15, 0.2) is 5.71 Å². The fourth-order valence-corrected chi connectivity index (χ4v) is 2.52. The summed E-state index contributed by atoms with van der Waals surface area (Å²) in [6.07, 6.45) is -3.79. The molecule has 1 saturated carbocycles. The van der Waals surface area contributed by atoms with Crippen LogP contribution in [0.2, 0.25) is 0 Å². The van der Waals surface area contributed by atoms with E-state index in [2.05, 4.69) is 10.5 Å². The minimum absolute atomic E-state index is 0.185. The van der Waals surface area contributed by atoms with Crippen LogP contribution < -0.4 is 5.43 Å². The smallest absolute Gasteiger partial charge is 0.306 e. The van der Waals surface area contributed by atoms with E-state index in [1.807, 2.05) is 13.8 Å². The zero-order chi connectivity index (χ0) is 12.1. The highest BCUT2D eigenvalue weighted by Crippen LogP contribution is 2.41. The SMILES string of the molecule is CC1(C)CC(=O)[C@H]2C(C(F)(F)F)=NN[C@@H]2C1. The maximum absolute atomic E-state index is 12.6. The van der Waals surface area contributed by atoms with Gasteiger partial charge in [0.2, 0.25) is 0 Å². The Balaban J connectivity index is 2.25. The molecule has 1 fully saturated rings. The maximum atomic E-state index is 12.6. The van der Waals surface area contributed by atoms with Crippen LogP contribution in [0.3, 0.4) is 0 Å². The molecule has 2 aliphatic rings. The minimum atomic E-state index is -4.51. The van der Waals surface area contributed by atoms with Crippen molar-refractivity contribution < 1.29 is 18.0 Å².